The van der Waals surface area contributed by atoms with Crippen molar-refractivity contribution in [3.63, 3.8) is 0 Å². The molecule has 3 rings (SSSR count). The zero-order valence-corrected chi connectivity index (χ0v) is 18.8. The van der Waals surface area contributed by atoms with Gasteiger partial charge in [0.2, 0.25) is 5.91 Å². The monoisotopic (exact) mass is 430 g/mol. The number of hydrogen-bond donors (Lipinski definition) is 1. The molecule has 1 aromatic carbocycles. The summed E-state index contributed by atoms with van der Waals surface area (Å²) in [4.78, 5) is 31.6. The largest absolute Gasteiger partial charge is 0.497 e. The van der Waals surface area contributed by atoms with Crippen LogP contribution >= 0.6 is 11.8 Å². The molecule has 2 aromatic rings. The van der Waals surface area contributed by atoms with Crippen molar-refractivity contribution in [3.8, 4) is 5.75 Å². The third kappa shape index (κ3) is 5.86. The molecule has 0 aliphatic heterocycles. The lowest BCUT2D eigenvalue weighted by Gasteiger charge is -2.23. The summed E-state index contributed by atoms with van der Waals surface area (Å²) >= 11 is 1.35. The number of thioether (sulfide) groups is 1. The van der Waals surface area contributed by atoms with E-state index in [1.165, 1.54) is 11.8 Å². The van der Waals surface area contributed by atoms with Gasteiger partial charge < -0.3 is 15.0 Å². The molecule has 0 spiro atoms. The molecule has 0 unspecified atom stereocenters. The first-order valence-electron chi connectivity index (χ1n) is 10.3. The van der Waals surface area contributed by atoms with Crippen LogP contribution in [-0.4, -0.2) is 53.9 Å². The molecule has 8 heteroatoms. The third-order valence-corrected chi connectivity index (χ3v) is 6.17. The molecular weight excluding hydrogens is 400 g/mol. The average Bonchev–Trinajstić information content (AvgIpc) is 2.74. The first-order chi connectivity index (χ1) is 14.5. The standard InChI is InChI=1S/C22H30N4O3S/c1-25(2)13-6-14-26-19-8-5-4-7-18(19)21(24-22(26)28)30-15-20(27)23-16-9-11-17(29-3)12-10-16/h9-12H,4-8,13-15H2,1-3H3,(H,23,27). The second-order valence-electron chi connectivity index (χ2n) is 7.71. The Morgan fingerprint density at radius 1 is 1.23 bits per heavy atom. The summed E-state index contributed by atoms with van der Waals surface area (Å²) in [6.45, 7) is 1.62. The predicted octanol–water partition coefficient (Wildman–Crippen LogP) is 2.81. The number of hydrogen-bond acceptors (Lipinski definition) is 6. The van der Waals surface area contributed by atoms with E-state index in [1.807, 2.05) is 18.7 Å². The first kappa shape index (κ1) is 22.4. The van der Waals surface area contributed by atoms with Crippen LogP contribution in [0.15, 0.2) is 34.1 Å². The molecule has 0 saturated carbocycles. The van der Waals surface area contributed by atoms with Crippen molar-refractivity contribution in [2.75, 3.05) is 38.8 Å². The normalized spacial score (nSPS) is 13.2. The lowest BCUT2D eigenvalue weighted by molar-refractivity contribution is -0.113. The Bertz CT molecular complexity index is 925. The Labute approximate surface area is 181 Å². The number of benzene rings is 1. The van der Waals surface area contributed by atoms with Crippen molar-refractivity contribution in [1.29, 1.82) is 0 Å². The van der Waals surface area contributed by atoms with Crippen molar-refractivity contribution in [1.82, 2.24) is 14.5 Å². The molecule has 1 amide bonds. The minimum Gasteiger partial charge on any atom is -0.497 e. The summed E-state index contributed by atoms with van der Waals surface area (Å²) in [5.74, 6) is 0.839. The number of nitrogens with zero attached hydrogens (tertiary/aromatic N) is 3. The van der Waals surface area contributed by atoms with Gasteiger partial charge in [-0.25, -0.2) is 4.79 Å². The minimum absolute atomic E-state index is 0.119. The van der Waals surface area contributed by atoms with Gasteiger partial charge in [-0.15, -0.1) is 0 Å². The summed E-state index contributed by atoms with van der Waals surface area (Å²) in [5.41, 5.74) is 2.77. The van der Waals surface area contributed by atoms with Crippen LogP contribution in [0.1, 0.15) is 30.5 Å². The third-order valence-electron chi connectivity index (χ3n) is 5.15. The van der Waals surface area contributed by atoms with Crippen LogP contribution < -0.4 is 15.7 Å². The van der Waals surface area contributed by atoms with Gasteiger partial charge in [0, 0.05) is 23.5 Å². The highest BCUT2D eigenvalue weighted by molar-refractivity contribution is 8.00. The number of methoxy groups -OCH3 is 1. The Morgan fingerprint density at radius 2 is 1.97 bits per heavy atom. The Balaban J connectivity index is 1.68. The summed E-state index contributed by atoms with van der Waals surface area (Å²) in [7, 11) is 5.68. The van der Waals surface area contributed by atoms with E-state index in [9.17, 15) is 9.59 Å². The number of fused-ring (bicyclic) bond motifs is 1. The molecule has 7 nitrogen and oxygen atoms in total. The smallest absolute Gasteiger partial charge is 0.348 e. The molecule has 30 heavy (non-hydrogen) atoms. The molecule has 0 bridgehead atoms. The molecule has 162 valence electrons. The van der Waals surface area contributed by atoms with Crippen LogP contribution in [0.2, 0.25) is 0 Å². The van der Waals surface area contributed by atoms with E-state index in [0.717, 1.165) is 55.7 Å². The maximum absolute atomic E-state index is 12.7. The highest BCUT2D eigenvalue weighted by atomic mass is 32.2. The van der Waals surface area contributed by atoms with Crippen molar-refractivity contribution in [3.05, 3.63) is 46.0 Å². The summed E-state index contributed by atoms with van der Waals surface area (Å²) in [6.07, 6.45) is 4.92. The topological polar surface area (TPSA) is 76.5 Å². The Kier molecular flexibility index (Phi) is 7.93. The Morgan fingerprint density at radius 3 is 2.67 bits per heavy atom. The fraction of sp³-hybridized carbons (Fsp3) is 0.500. The van der Waals surface area contributed by atoms with E-state index in [0.29, 0.717) is 17.3 Å². The fourth-order valence-corrected chi connectivity index (χ4v) is 4.52. The average molecular weight is 431 g/mol. The molecule has 1 aliphatic rings. The molecule has 0 atom stereocenters. The first-order valence-corrected chi connectivity index (χ1v) is 11.3. The van der Waals surface area contributed by atoms with Gasteiger partial charge >= 0.3 is 5.69 Å². The van der Waals surface area contributed by atoms with Gasteiger partial charge in [0.05, 0.1) is 12.9 Å². The predicted molar refractivity (Wildman–Crippen MR) is 121 cm³/mol. The van der Waals surface area contributed by atoms with E-state index < -0.39 is 0 Å². The maximum Gasteiger partial charge on any atom is 0.348 e. The van der Waals surface area contributed by atoms with Gasteiger partial charge in [0.15, 0.2) is 0 Å². The molecule has 0 fully saturated rings. The molecule has 1 aliphatic carbocycles. The van der Waals surface area contributed by atoms with Crippen molar-refractivity contribution >= 4 is 23.4 Å². The van der Waals surface area contributed by atoms with Crippen LogP contribution in [0, 0.1) is 0 Å². The number of ether oxygens (including phenoxy) is 1. The van der Waals surface area contributed by atoms with Crippen LogP contribution in [0.3, 0.4) is 0 Å². The van der Waals surface area contributed by atoms with E-state index in [1.54, 1.807) is 31.4 Å². The van der Waals surface area contributed by atoms with E-state index in [4.69, 9.17) is 4.74 Å². The molecular formula is C22H30N4O3S. The second-order valence-corrected chi connectivity index (χ2v) is 8.67. The van der Waals surface area contributed by atoms with Crippen LogP contribution in [-0.2, 0) is 24.2 Å². The van der Waals surface area contributed by atoms with E-state index in [2.05, 4.69) is 15.2 Å². The van der Waals surface area contributed by atoms with Gasteiger partial charge in [-0.2, -0.15) is 4.98 Å². The molecule has 0 saturated heterocycles. The molecule has 1 N–H and O–H groups in total. The number of anilines is 1. The van der Waals surface area contributed by atoms with E-state index >= 15 is 0 Å². The van der Waals surface area contributed by atoms with Gasteiger partial charge in [-0.1, -0.05) is 11.8 Å². The fourth-order valence-electron chi connectivity index (χ4n) is 3.65. The van der Waals surface area contributed by atoms with Crippen molar-refractivity contribution < 1.29 is 9.53 Å². The van der Waals surface area contributed by atoms with Gasteiger partial charge in [-0.3, -0.25) is 9.36 Å². The second kappa shape index (κ2) is 10.6. The summed E-state index contributed by atoms with van der Waals surface area (Å²) < 4.78 is 6.98. The van der Waals surface area contributed by atoms with Crippen LogP contribution in [0.5, 0.6) is 5.75 Å². The number of carbonyl (C=O) groups is 1. The lowest BCUT2D eigenvalue weighted by Crippen LogP contribution is -2.31. The number of nitrogens with one attached hydrogen (secondary N) is 1. The Hall–Kier alpha value is -2.32. The zero-order chi connectivity index (χ0) is 21.5. The molecule has 0 radical (unpaired) electrons. The number of aromatic nitrogens is 2. The van der Waals surface area contributed by atoms with Crippen LogP contribution in [0.4, 0.5) is 5.69 Å². The van der Waals surface area contributed by atoms with Gasteiger partial charge in [-0.05, 0) is 77.0 Å². The SMILES string of the molecule is COc1ccc(NC(=O)CSc2nc(=O)n(CCCN(C)C)c3c2CCCC3)cc1. The highest BCUT2D eigenvalue weighted by Crippen LogP contribution is 2.28. The lowest BCUT2D eigenvalue weighted by atomic mass is 9.97. The summed E-state index contributed by atoms with van der Waals surface area (Å²) in [5, 5.41) is 3.59. The van der Waals surface area contributed by atoms with Gasteiger partial charge in [0.1, 0.15) is 10.8 Å². The maximum atomic E-state index is 12.7. The minimum atomic E-state index is -0.201. The number of amides is 1. The number of carbonyl (C=O) groups excluding carboxylic acids is 1. The van der Waals surface area contributed by atoms with Crippen molar-refractivity contribution in [2.45, 2.75) is 43.7 Å². The highest BCUT2D eigenvalue weighted by Gasteiger charge is 2.21. The molecule has 1 heterocycles. The summed E-state index contributed by atoms with van der Waals surface area (Å²) in [6, 6.07) is 7.21. The van der Waals surface area contributed by atoms with E-state index in [-0.39, 0.29) is 17.3 Å². The number of rotatable bonds is 9. The van der Waals surface area contributed by atoms with Crippen molar-refractivity contribution in [2.24, 2.45) is 0 Å². The van der Waals surface area contributed by atoms with Gasteiger partial charge in [0.25, 0.3) is 0 Å². The molecule has 1 aromatic heterocycles. The van der Waals surface area contributed by atoms with Crippen LogP contribution in [0.25, 0.3) is 0 Å². The zero-order valence-electron chi connectivity index (χ0n) is 17.9. The quantitative estimate of drug-likeness (QED) is 0.487.